The maximum absolute atomic E-state index is 11.8. The number of aliphatic carboxylic acids is 1. The molecule has 118 valence electrons. The van der Waals surface area contributed by atoms with Crippen LogP contribution in [0.15, 0.2) is 4.34 Å². The van der Waals surface area contributed by atoms with Gasteiger partial charge < -0.3 is 10.0 Å². The van der Waals surface area contributed by atoms with E-state index in [1.54, 1.807) is 11.8 Å². The average Bonchev–Trinajstić information content (AvgIpc) is 2.76. The monoisotopic (exact) mass is 330 g/mol. The second kappa shape index (κ2) is 9.04. The summed E-state index contributed by atoms with van der Waals surface area (Å²) in [5.74, 6) is 0.192. The van der Waals surface area contributed by atoms with Crippen molar-refractivity contribution in [2.24, 2.45) is 0 Å². The Morgan fingerprint density at radius 1 is 1.33 bits per heavy atom. The summed E-state index contributed by atoms with van der Waals surface area (Å²) in [6.07, 6.45) is 1.40. The third-order valence-electron chi connectivity index (χ3n) is 3.06. The van der Waals surface area contributed by atoms with Crippen molar-refractivity contribution in [3.63, 3.8) is 0 Å². The molecule has 1 heterocycles. The van der Waals surface area contributed by atoms with Crippen molar-refractivity contribution in [3.8, 4) is 0 Å². The number of aryl methyl sites for hydroxylation is 1. The summed E-state index contributed by atoms with van der Waals surface area (Å²) >= 11 is 3.03. The van der Waals surface area contributed by atoms with E-state index in [1.807, 2.05) is 25.7 Å². The Hall–Kier alpha value is -1.08. The van der Waals surface area contributed by atoms with E-state index in [2.05, 4.69) is 4.98 Å². The Balaban J connectivity index is 2.36. The molecule has 21 heavy (non-hydrogen) atoms. The normalized spacial score (nSPS) is 10.6. The van der Waals surface area contributed by atoms with Gasteiger partial charge in [0.25, 0.3) is 0 Å². The largest absolute Gasteiger partial charge is 0.481 e. The van der Waals surface area contributed by atoms with Crippen LogP contribution in [0.3, 0.4) is 0 Å². The lowest BCUT2D eigenvalue weighted by Crippen LogP contribution is -2.30. The number of hydrogen-bond donors (Lipinski definition) is 1. The number of carbonyl (C=O) groups is 2. The zero-order valence-electron chi connectivity index (χ0n) is 12.7. The highest BCUT2D eigenvalue weighted by Gasteiger charge is 2.12. The highest BCUT2D eigenvalue weighted by molar-refractivity contribution is 8.01. The number of aromatic nitrogens is 1. The summed E-state index contributed by atoms with van der Waals surface area (Å²) in [5, 5.41) is 8.80. The van der Waals surface area contributed by atoms with Gasteiger partial charge in [0, 0.05) is 30.1 Å². The average molecular weight is 330 g/mol. The molecule has 0 atom stereocenters. The molecular weight excluding hydrogens is 308 g/mol. The molecule has 0 radical (unpaired) electrons. The van der Waals surface area contributed by atoms with Gasteiger partial charge in [-0.3, -0.25) is 9.59 Å². The predicted molar refractivity (Wildman–Crippen MR) is 86.1 cm³/mol. The highest BCUT2D eigenvalue weighted by Crippen LogP contribution is 2.28. The first-order chi connectivity index (χ1) is 9.97. The van der Waals surface area contributed by atoms with Crippen molar-refractivity contribution in [1.29, 1.82) is 0 Å². The number of carboxylic acid groups (broad SMARTS) is 1. The van der Waals surface area contributed by atoms with Gasteiger partial charge in [-0.25, -0.2) is 4.98 Å². The van der Waals surface area contributed by atoms with Crippen molar-refractivity contribution in [1.82, 2.24) is 9.88 Å². The first kappa shape index (κ1) is 18.0. The van der Waals surface area contributed by atoms with Gasteiger partial charge in [-0.05, 0) is 27.2 Å². The lowest BCUT2D eigenvalue weighted by molar-refractivity contribution is -0.136. The van der Waals surface area contributed by atoms with Crippen LogP contribution < -0.4 is 0 Å². The van der Waals surface area contributed by atoms with Gasteiger partial charge in [0.15, 0.2) is 0 Å². The molecule has 7 heteroatoms. The molecule has 1 aromatic heterocycles. The Kier molecular flexibility index (Phi) is 7.74. The van der Waals surface area contributed by atoms with E-state index in [0.29, 0.717) is 6.42 Å². The van der Waals surface area contributed by atoms with Crippen LogP contribution in [0.5, 0.6) is 0 Å². The second-order valence-electron chi connectivity index (χ2n) is 4.58. The van der Waals surface area contributed by atoms with E-state index in [-0.39, 0.29) is 12.3 Å². The van der Waals surface area contributed by atoms with Gasteiger partial charge in [0.05, 0.1) is 12.1 Å². The van der Waals surface area contributed by atoms with Crippen LogP contribution in [-0.2, 0) is 16.0 Å². The smallest absolute Gasteiger partial charge is 0.308 e. The zero-order valence-corrected chi connectivity index (χ0v) is 14.4. The second-order valence-corrected chi connectivity index (χ2v) is 7.00. The number of thiazole rings is 1. The summed E-state index contributed by atoms with van der Waals surface area (Å²) in [6.45, 7) is 7.32. The maximum Gasteiger partial charge on any atom is 0.308 e. The third kappa shape index (κ3) is 6.05. The minimum Gasteiger partial charge on any atom is -0.481 e. The van der Waals surface area contributed by atoms with Gasteiger partial charge in [-0.2, -0.15) is 0 Å². The molecule has 0 unspecified atom stereocenters. The summed E-state index contributed by atoms with van der Waals surface area (Å²) < 4.78 is 0.888. The minimum absolute atomic E-state index is 0.0322. The van der Waals surface area contributed by atoms with Crippen molar-refractivity contribution < 1.29 is 14.7 Å². The number of carboxylic acids is 1. The number of hydrogen-bond acceptors (Lipinski definition) is 5. The highest BCUT2D eigenvalue weighted by atomic mass is 32.2. The zero-order chi connectivity index (χ0) is 15.8. The third-order valence-corrected chi connectivity index (χ3v) is 5.45. The molecule has 1 aromatic rings. The van der Waals surface area contributed by atoms with E-state index >= 15 is 0 Å². The Labute approximate surface area is 133 Å². The topological polar surface area (TPSA) is 70.5 Å². The SMILES string of the molecule is CCN(CC)C(=O)CCCSc1nc(C)c(CC(=O)O)s1. The fourth-order valence-electron chi connectivity index (χ4n) is 1.88. The molecule has 1 amide bonds. The first-order valence-corrected chi connectivity index (χ1v) is 8.86. The van der Waals surface area contributed by atoms with Crippen LogP contribution in [0.2, 0.25) is 0 Å². The lowest BCUT2D eigenvalue weighted by Gasteiger charge is -2.18. The Morgan fingerprint density at radius 2 is 2.00 bits per heavy atom. The van der Waals surface area contributed by atoms with Crippen molar-refractivity contribution in [3.05, 3.63) is 10.6 Å². The lowest BCUT2D eigenvalue weighted by atomic mass is 10.3. The van der Waals surface area contributed by atoms with Gasteiger partial charge in [0.2, 0.25) is 5.91 Å². The molecular formula is C14H22N2O3S2. The predicted octanol–water partition coefficient (Wildman–Crippen LogP) is 2.82. The maximum atomic E-state index is 11.8. The van der Waals surface area contributed by atoms with Crippen LogP contribution in [0.4, 0.5) is 0 Å². The van der Waals surface area contributed by atoms with Gasteiger partial charge in [0.1, 0.15) is 4.34 Å². The molecule has 0 aliphatic carbocycles. The number of amides is 1. The Morgan fingerprint density at radius 3 is 2.57 bits per heavy atom. The molecule has 1 rings (SSSR count). The van der Waals surface area contributed by atoms with E-state index in [1.165, 1.54) is 11.3 Å². The van der Waals surface area contributed by atoms with Crippen LogP contribution in [-0.4, -0.2) is 45.7 Å². The van der Waals surface area contributed by atoms with E-state index in [9.17, 15) is 9.59 Å². The summed E-state index contributed by atoms with van der Waals surface area (Å²) in [4.78, 5) is 29.6. The molecule has 1 N–H and O–H groups in total. The van der Waals surface area contributed by atoms with Gasteiger partial charge in [-0.15, -0.1) is 11.3 Å². The van der Waals surface area contributed by atoms with E-state index < -0.39 is 5.97 Å². The molecule has 0 aromatic carbocycles. The molecule has 0 saturated heterocycles. The molecule has 0 bridgehead atoms. The van der Waals surface area contributed by atoms with Gasteiger partial charge in [-0.1, -0.05) is 11.8 Å². The quantitative estimate of drug-likeness (QED) is 0.557. The number of carbonyl (C=O) groups excluding carboxylic acids is 1. The van der Waals surface area contributed by atoms with Crippen LogP contribution >= 0.6 is 23.1 Å². The van der Waals surface area contributed by atoms with Crippen LogP contribution in [0.25, 0.3) is 0 Å². The molecule has 0 fully saturated rings. The minimum atomic E-state index is -0.830. The number of thioether (sulfide) groups is 1. The summed E-state index contributed by atoms with van der Waals surface area (Å²) in [5.41, 5.74) is 0.795. The van der Waals surface area contributed by atoms with Gasteiger partial charge >= 0.3 is 5.97 Å². The molecule has 0 spiro atoms. The van der Waals surface area contributed by atoms with Crippen molar-refractivity contribution in [2.45, 2.75) is 44.4 Å². The standard InChI is InChI=1S/C14H22N2O3S2/c1-4-16(5-2)12(17)7-6-8-20-14-15-10(3)11(21-14)9-13(18)19/h4-9H2,1-3H3,(H,18,19). The number of nitrogens with zero attached hydrogens (tertiary/aromatic N) is 2. The first-order valence-electron chi connectivity index (χ1n) is 7.06. The fourth-order valence-corrected chi connectivity index (χ4v) is 4.12. The van der Waals surface area contributed by atoms with Crippen molar-refractivity contribution >= 4 is 35.0 Å². The molecule has 0 saturated carbocycles. The number of rotatable bonds is 9. The van der Waals surface area contributed by atoms with Crippen LogP contribution in [0, 0.1) is 6.92 Å². The Bertz CT molecular complexity index is 485. The van der Waals surface area contributed by atoms with E-state index in [0.717, 1.165) is 40.2 Å². The summed E-state index contributed by atoms with van der Waals surface area (Å²) in [6, 6.07) is 0. The molecule has 0 aliphatic rings. The van der Waals surface area contributed by atoms with E-state index in [4.69, 9.17) is 5.11 Å². The summed E-state index contributed by atoms with van der Waals surface area (Å²) in [7, 11) is 0. The van der Waals surface area contributed by atoms with Crippen LogP contribution in [0.1, 0.15) is 37.3 Å². The fraction of sp³-hybridized carbons (Fsp3) is 0.643. The molecule has 0 aliphatic heterocycles. The van der Waals surface area contributed by atoms with Crippen molar-refractivity contribution in [2.75, 3.05) is 18.8 Å². The molecule has 5 nitrogen and oxygen atoms in total.